The number of nitrogens with one attached hydrogen (secondary N) is 1. The molecule has 3 rings (SSSR count). The first-order valence-electron chi connectivity index (χ1n) is 11.0. The molecule has 1 aliphatic rings. The van der Waals surface area contributed by atoms with Crippen molar-refractivity contribution in [2.24, 2.45) is 5.92 Å². The zero-order valence-electron chi connectivity index (χ0n) is 19.3. The van der Waals surface area contributed by atoms with Gasteiger partial charge in [0, 0.05) is 18.1 Å². The van der Waals surface area contributed by atoms with Crippen molar-refractivity contribution in [2.45, 2.75) is 44.7 Å². The highest BCUT2D eigenvalue weighted by Crippen LogP contribution is 2.30. The van der Waals surface area contributed by atoms with Gasteiger partial charge in [-0.15, -0.1) is 0 Å². The Bertz CT molecular complexity index is 1200. The average molecular weight is 506 g/mol. The molecule has 0 unspecified atom stereocenters. The minimum Gasteiger partial charge on any atom is -0.354 e. The molecule has 2 aromatic rings. The minimum absolute atomic E-state index is 0.0128. The lowest BCUT2D eigenvalue weighted by atomic mass is 10.1. The smallest absolute Gasteiger partial charge is 0.269 e. The highest BCUT2D eigenvalue weighted by atomic mass is 35.5. The van der Waals surface area contributed by atoms with Gasteiger partial charge in [-0.2, -0.15) is 0 Å². The Hall–Kier alpha value is -2.91. The van der Waals surface area contributed by atoms with Crippen LogP contribution in [0, 0.1) is 5.92 Å². The first-order valence-corrected chi connectivity index (χ1v) is 12.9. The Morgan fingerprint density at radius 1 is 1.09 bits per heavy atom. The molecule has 3 amide bonds. The molecule has 8 nitrogen and oxygen atoms in total. The summed E-state index contributed by atoms with van der Waals surface area (Å²) in [6.45, 7) is 5.37. The summed E-state index contributed by atoms with van der Waals surface area (Å²) in [5.74, 6) is -1.58. The number of rotatable bonds is 9. The van der Waals surface area contributed by atoms with E-state index in [0.717, 1.165) is 0 Å². The lowest BCUT2D eigenvalue weighted by Gasteiger charge is -2.32. The number of carbonyl (C=O) groups excluding carboxylic acids is 3. The van der Waals surface area contributed by atoms with Gasteiger partial charge in [0.15, 0.2) is 0 Å². The highest BCUT2D eigenvalue weighted by molar-refractivity contribution is 7.90. The third-order valence-electron chi connectivity index (χ3n) is 5.56. The monoisotopic (exact) mass is 505 g/mol. The fourth-order valence-electron chi connectivity index (χ4n) is 3.75. The van der Waals surface area contributed by atoms with Crippen molar-refractivity contribution in [3.8, 4) is 0 Å². The average Bonchev–Trinajstić information content (AvgIpc) is 2.99. The van der Waals surface area contributed by atoms with Gasteiger partial charge in [0.25, 0.3) is 15.9 Å². The number of hydrogen-bond acceptors (Lipinski definition) is 5. The van der Waals surface area contributed by atoms with Gasteiger partial charge in [-0.1, -0.05) is 62.7 Å². The van der Waals surface area contributed by atoms with Gasteiger partial charge in [-0.05, 0) is 36.1 Å². The number of benzene rings is 2. The van der Waals surface area contributed by atoms with Gasteiger partial charge in [-0.3, -0.25) is 14.4 Å². The predicted molar refractivity (Wildman–Crippen MR) is 129 cm³/mol. The molecular formula is C24H28ClN3O5S. The summed E-state index contributed by atoms with van der Waals surface area (Å²) in [4.78, 5) is 40.4. The summed E-state index contributed by atoms with van der Waals surface area (Å²) < 4.78 is 26.5. The molecule has 0 aromatic heterocycles. The van der Waals surface area contributed by atoms with Crippen LogP contribution < -0.4 is 5.32 Å². The van der Waals surface area contributed by atoms with Crippen molar-refractivity contribution in [1.29, 1.82) is 0 Å². The normalized spacial score (nSPS) is 15.2. The molecule has 1 heterocycles. The molecule has 0 saturated carbocycles. The summed E-state index contributed by atoms with van der Waals surface area (Å²) in [7, 11) is -4.17. The highest BCUT2D eigenvalue weighted by Gasteiger charge is 2.43. The molecule has 1 N–H and O–H groups in total. The van der Waals surface area contributed by atoms with Crippen molar-refractivity contribution in [3.63, 3.8) is 0 Å². The Labute approximate surface area is 204 Å². The number of amides is 3. The van der Waals surface area contributed by atoms with Crippen LogP contribution in [0.4, 0.5) is 0 Å². The SMILES string of the molecule is CC[C@@H](C(=O)NCC(C)C)N(Cc1ccccc1Cl)C(=O)CN1C(=O)c2ccccc2S1(=O)=O. The number of hydrogen-bond donors (Lipinski definition) is 1. The molecule has 1 atom stereocenters. The molecule has 1 aliphatic heterocycles. The first-order chi connectivity index (χ1) is 16.1. The third kappa shape index (κ3) is 5.26. The number of nitrogens with zero attached hydrogens (tertiary/aromatic N) is 2. The maximum Gasteiger partial charge on any atom is 0.269 e. The fraction of sp³-hybridized carbons (Fsp3) is 0.375. The van der Waals surface area contributed by atoms with E-state index in [4.69, 9.17) is 11.6 Å². The molecule has 34 heavy (non-hydrogen) atoms. The molecular weight excluding hydrogens is 478 g/mol. The third-order valence-corrected chi connectivity index (χ3v) is 7.72. The molecule has 10 heteroatoms. The van der Waals surface area contributed by atoms with Gasteiger partial charge in [0.1, 0.15) is 17.5 Å². The quantitative estimate of drug-likeness (QED) is 0.564. The number of sulfonamides is 1. The fourth-order valence-corrected chi connectivity index (χ4v) is 5.47. The summed E-state index contributed by atoms with van der Waals surface area (Å²) in [5.41, 5.74) is 0.626. The van der Waals surface area contributed by atoms with Crippen LogP contribution in [0.5, 0.6) is 0 Å². The van der Waals surface area contributed by atoms with Crippen molar-refractivity contribution < 1.29 is 22.8 Å². The van der Waals surface area contributed by atoms with E-state index < -0.39 is 34.4 Å². The molecule has 2 aromatic carbocycles. The van der Waals surface area contributed by atoms with Crippen LogP contribution >= 0.6 is 11.6 Å². The maximum atomic E-state index is 13.5. The lowest BCUT2D eigenvalue weighted by Crippen LogP contribution is -2.52. The van der Waals surface area contributed by atoms with Crippen LogP contribution in [-0.2, 0) is 26.2 Å². The van der Waals surface area contributed by atoms with Crippen LogP contribution in [0.25, 0.3) is 0 Å². The summed E-state index contributed by atoms with van der Waals surface area (Å²) >= 11 is 6.30. The van der Waals surface area contributed by atoms with Crippen LogP contribution in [0.3, 0.4) is 0 Å². The summed E-state index contributed by atoms with van der Waals surface area (Å²) in [5, 5.41) is 3.25. The second-order valence-corrected chi connectivity index (χ2v) is 10.7. The van der Waals surface area contributed by atoms with E-state index in [9.17, 15) is 22.8 Å². The number of halogens is 1. The van der Waals surface area contributed by atoms with Gasteiger partial charge in [0.05, 0.1) is 5.56 Å². The van der Waals surface area contributed by atoms with E-state index in [2.05, 4.69) is 5.32 Å². The van der Waals surface area contributed by atoms with Crippen LogP contribution in [0.1, 0.15) is 43.1 Å². The first kappa shape index (κ1) is 25.7. The van der Waals surface area contributed by atoms with E-state index in [1.54, 1.807) is 37.3 Å². The van der Waals surface area contributed by atoms with Crippen molar-refractivity contribution in [3.05, 3.63) is 64.7 Å². The topological polar surface area (TPSA) is 104 Å². The van der Waals surface area contributed by atoms with Crippen LogP contribution in [0.2, 0.25) is 5.02 Å². The molecule has 0 aliphatic carbocycles. The van der Waals surface area contributed by atoms with E-state index >= 15 is 0 Å². The molecule has 0 saturated heterocycles. The number of fused-ring (bicyclic) bond motifs is 1. The second-order valence-electron chi connectivity index (χ2n) is 8.49. The zero-order valence-corrected chi connectivity index (χ0v) is 20.9. The summed E-state index contributed by atoms with van der Waals surface area (Å²) in [6, 6.07) is 11.9. The standard InChI is InChI=1S/C24H28ClN3O5S/c1-4-20(23(30)26-13-16(2)3)27(14-17-9-5-7-11-19(17)25)22(29)15-28-24(31)18-10-6-8-12-21(18)34(28,32)33/h5-12,16,20H,4,13-15H2,1-3H3,(H,26,30)/t20-/m0/s1. The van der Waals surface area contributed by atoms with Crippen molar-refractivity contribution >= 4 is 39.3 Å². The van der Waals surface area contributed by atoms with Crippen LogP contribution in [0.15, 0.2) is 53.4 Å². The summed E-state index contributed by atoms with van der Waals surface area (Å²) in [6.07, 6.45) is 0.293. The van der Waals surface area contributed by atoms with Gasteiger partial charge < -0.3 is 10.2 Å². The van der Waals surface area contributed by atoms with Crippen molar-refractivity contribution in [1.82, 2.24) is 14.5 Å². The van der Waals surface area contributed by atoms with E-state index in [0.29, 0.717) is 27.9 Å². The predicted octanol–water partition coefficient (Wildman–Crippen LogP) is 3.06. The van der Waals surface area contributed by atoms with Crippen LogP contribution in [-0.4, -0.2) is 54.5 Å². The van der Waals surface area contributed by atoms with E-state index in [1.807, 2.05) is 13.8 Å². The molecule has 0 fully saturated rings. The van der Waals surface area contributed by atoms with Gasteiger partial charge >= 0.3 is 0 Å². The molecule has 182 valence electrons. The van der Waals surface area contributed by atoms with Gasteiger partial charge in [-0.25, -0.2) is 12.7 Å². The zero-order chi connectivity index (χ0) is 25.0. The molecule has 0 bridgehead atoms. The second kappa shape index (κ2) is 10.6. The molecule has 0 spiro atoms. The lowest BCUT2D eigenvalue weighted by molar-refractivity contribution is -0.141. The minimum atomic E-state index is -4.17. The van der Waals surface area contributed by atoms with Gasteiger partial charge in [0.2, 0.25) is 11.8 Å². The van der Waals surface area contributed by atoms with E-state index in [1.165, 1.54) is 23.1 Å². The van der Waals surface area contributed by atoms with Crippen molar-refractivity contribution in [2.75, 3.05) is 13.1 Å². The largest absolute Gasteiger partial charge is 0.354 e. The Balaban J connectivity index is 1.92. The van der Waals surface area contributed by atoms with E-state index in [-0.39, 0.29) is 28.8 Å². The Morgan fingerprint density at radius 2 is 1.74 bits per heavy atom. The molecule has 0 radical (unpaired) electrons. The number of carbonyl (C=O) groups is 3. The Morgan fingerprint density at radius 3 is 2.35 bits per heavy atom. The maximum absolute atomic E-state index is 13.5. The Kier molecular flexibility index (Phi) is 7.99.